The van der Waals surface area contributed by atoms with E-state index in [0.29, 0.717) is 5.02 Å². The molecule has 8 nitrogen and oxygen atoms in total. The van der Waals surface area contributed by atoms with E-state index >= 15 is 0 Å². The van der Waals surface area contributed by atoms with Gasteiger partial charge in [0.1, 0.15) is 10.7 Å². The van der Waals surface area contributed by atoms with Crippen LogP contribution in [0.1, 0.15) is 15.9 Å². The lowest BCUT2D eigenvalue weighted by Crippen LogP contribution is -2.41. The van der Waals surface area contributed by atoms with E-state index < -0.39 is 39.2 Å². The van der Waals surface area contributed by atoms with Gasteiger partial charge in [-0.2, -0.15) is 4.31 Å². The fourth-order valence-electron chi connectivity index (χ4n) is 2.82. The Morgan fingerprint density at radius 3 is 2.48 bits per heavy atom. The van der Waals surface area contributed by atoms with Crippen molar-refractivity contribution in [1.82, 2.24) is 9.62 Å². The summed E-state index contributed by atoms with van der Waals surface area (Å²) in [6, 6.07) is 9.73. The SMILES string of the molecule is O=C(COC(=O)c1ccc(F)c(S(=O)(=O)N2CCOCC2)c1)NCc1ccc(Cl)cc1. The highest BCUT2D eigenvalue weighted by Gasteiger charge is 2.30. The number of ether oxygens (including phenoxy) is 2. The lowest BCUT2D eigenvalue weighted by molar-refractivity contribution is -0.124. The van der Waals surface area contributed by atoms with Gasteiger partial charge in [0.15, 0.2) is 6.61 Å². The number of nitrogens with zero attached hydrogens (tertiary/aromatic N) is 1. The lowest BCUT2D eigenvalue weighted by atomic mass is 10.2. The fraction of sp³-hybridized carbons (Fsp3) is 0.300. The minimum absolute atomic E-state index is 0.0875. The summed E-state index contributed by atoms with van der Waals surface area (Å²) in [7, 11) is -4.14. The first kappa shape index (κ1) is 23.1. The normalized spacial score (nSPS) is 14.8. The number of hydrogen-bond acceptors (Lipinski definition) is 6. The van der Waals surface area contributed by atoms with Crippen LogP contribution in [0.15, 0.2) is 47.4 Å². The Hall–Kier alpha value is -2.53. The largest absolute Gasteiger partial charge is 0.452 e. The highest BCUT2D eigenvalue weighted by atomic mass is 35.5. The van der Waals surface area contributed by atoms with Crippen LogP contribution in [0, 0.1) is 5.82 Å². The highest BCUT2D eigenvalue weighted by Crippen LogP contribution is 2.22. The molecule has 11 heteroatoms. The van der Waals surface area contributed by atoms with E-state index in [4.69, 9.17) is 21.1 Å². The summed E-state index contributed by atoms with van der Waals surface area (Å²) in [5.74, 6) is -2.48. The first-order valence-corrected chi connectivity index (χ1v) is 11.1. The molecule has 0 spiro atoms. The Morgan fingerprint density at radius 1 is 1.13 bits per heavy atom. The maximum Gasteiger partial charge on any atom is 0.338 e. The van der Waals surface area contributed by atoms with Gasteiger partial charge >= 0.3 is 5.97 Å². The molecule has 2 aromatic rings. The maximum absolute atomic E-state index is 14.2. The average Bonchev–Trinajstić information content (AvgIpc) is 2.78. The number of amides is 1. The number of carbonyl (C=O) groups excluding carboxylic acids is 2. The Morgan fingerprint density at radius 2 is 1.81 bits per heavy atom. The van der Waals surface area contributed by atoms with Crippen LogP contribution < -0.4 is 5.32 Å². The van der Waals surface area contributed by atoms with Crippen LogP contribution in [0.2, 0.25) is 5.02 Å². The van der Waals surface area contributed by atoms with Gasteiger partial charge in [-0.15, -0.1) is 0 Å². The van der Waals surface area contributed by atoms with Crippen LogP contribution >= 0.6 is 11.6 Å². The molecule has 0 bridgehead atoms. The third kappa shape index (κ3) is 6.01. The van der Waals surface area contributed by atoms with E-state index in [2.05, 4.69) is 5.32 Å². The van der Waals surface area contributed by atoms with E-state index in [1.807, 2.05) is 0 Å². The number of sulfonamides is 1. The number of esters is 1. The van der Waals surface area contributed by atoms with Gasteiger partial charge in [-0.25, -0.2) is 17.6 Å². The van der Waals surface area contributed by atoms with Gasteiger partial charge in [0.2, 0.25) is 10.0 Å². The first-order valence-electron chi connectivity index (χ1n) is 9.33. The second kappa shape index (κ2) is 10.2. The molecule has 0 saturated carbocycles. The molecule has 1 heterocycles. The molecular weight excluding hydrogens is 451 g/mol. The number of rotatable bonds is 7. The Labute approximate surface area is 183 Å². The number of hydrogen-bond donors (Lipinski definition) is 1. The fourth-order valence-corrected chi connectivity index (χ4v) is 4.45. The molecule has 31 heavy (non-hydrogen) atoms. The summed E-state index contributed by atoms with van der Waals surface area (Å²) in [5.41, 5.74) is 0.624. The van der Waals surface area contributed by atoms with Crippen LogP contribution in [-0.2, 0) is 30.8 Å². The molecule has 1 amide bonds. The van der Waals surface area contributed by atoms with Crippen LogP contribution in [-0.4, -0.2) is 57.5 Å². The molecule has 0 aliphatic carbocycles. The van der Waals surface area contributed by atoms with Gasteiger partial charge < -0.3 is 14.8 Å². The molecule has 0 aromatic heterocycles. The number of carbonyl (C=O) groups is 2. The molecule has 1 aliphatic heterocycles. The number of halogens is 2. The van der Waals surface area contributed by atoms with Crippen molar-refractivity contribution in [2.24, 2.45) is 0 Å². The molecule has 0 unspecified atom stereocenters. The van der Waals surface area contributed by atoms with Crippen LogP contribution in [0.3, 0.4) is 0 Å². The molecule has 1 aliphatic rings. The summed E-state index contributed by atoms with van der Waals surface area (Å²) in [5, 5.41) is 3.15. The zero-order valence-electron chi connectivity index (χ0n) is 16.3. The molecule has 0 atom stereocenters. The zero-order chi connectivity index (χ0) is 22.4. The van der Waals surface area contributed by atoms with Crippen molar-refractivity contribution in [3.8, 4) is 0 Å². The predicted molar refractivity (Wildman–Crippen MR) is 110 cm³/mol. The molecular formula is C20H20ClFN2O6S. The van der Waals surface area contributed by atoms with Crippen molar-refractivity contribution in [2.45, 2.75) is 11.4 Å². The van der Waals surface area contributed by atoms with Gasteiger partial charge in [-0.1, -0.05) is 23.7 Å². The third-order valence-electron chi connectivity index (χ3n) is 4.49. The highest BCUT2D eigenvalue weighted by molar-refractivity contribution is 7.89. The Balaban J connectivity index is 1.60. The molecule has 1 fully saturated rings. The minimum atomic E-state index is -4.14. The topological polar surface area (TPSA) is 102 Å². The second-order valence-electron chi connectivity index (χ2n) is 6.64. The zero-order valence-corrected chi connectivity index (χ0v) is 17.9. The van der Waals surface area contributed by atoms with E-state index in [-0.39, 0.29) is 38.4 Å². The van der Waals surface area contributed by atoms with E-state index in [1.165, 1.54) is 0 Å². The number of benzene rings is 2. The van der Waals surface area contributed by atoms with Gasteiger partial charge in [0.05, 0.1) is 18.8 Å². The predicted octanol–water partition coefficient (Wildman–Crippen LogP) is 1.97. The summed E-state index contributed by atoms with van der Waals surface area (Å²) in [4.78, 5) is 23.5. The smallest absolute Gasteiger partial charge is 0.338 e. The molecule has 166 valence electrons. The Bertz CT molecular complexity index is 1060. The van der Waals surface area contributed by atoms with Gasteiger partial charge in [0.25, 0.3) is 5.91 Å². The van der Waals surface area contributed by atoms with E-state index in [1.54, 1.807) is 24.3 Å². The van der Waals surface area contributed by atoms with Crippen molar-refractivity contribution in [3.05, 3.63) is 64.4 Å². The second-order valence-corrected chi connectivity index (χ2v) is 8.98. The molecule has 0 radical (unpaired) electrons. The van der Waals surface area contributed by atoms with Gasteiger partial charge in [0, 0.05) is 24.7 Å². The van der Waals surface area contributed by atoms with Crippen molar-refractivity contribution in [1.29, 1.82) is 0 Å². The number of morpholine rings is 1. The van der Waals surface area contributed by atoms with Gasteiger partial charge in [-0.3, -0.25) is 4.79 Å². The average molecular weight is 471 g/mol. The van der Waals surface area contributed by atoms with Crippen LogP contribution in [0.4, 0.5) is 4.39 Å². The van der Waals surface area contributed by atoms with Crippen molar-refractivity contribution in [2.75, 3.05) is 32.9 Å². The first-order chi connectivity index (χ1) is 14.8. The summed E-state index contributed by atoms with van der Waals surface area (Å²) < 4.78 is 50.7. The van der Waals surface area contributed by atoms with E-state index in [9.17, 15) is 22.4 Å². The van der Waals surface area contributed by atoms with Crippen molar-refractivity contribution < 1.29 is 31.9 Å². The summed E-state index contributed by atoms with van der Waals surface area (Å²) in [6.45, 7) is 0.220. The van der Waals surface area contributed by atoms with Crippen LogP contribution in [0.5, 0.6) is 0 Å². The standard InChI is InChI=1S/C20H20ClFN2O6S/c21-16-4-1-14(2-5-16)12-23-19(25)13-30-20(26)15-3-6-17(22)18(11-15)31(27,28)24-7-9-29-10-8-24/h1-6,11H,7-10,12-13H2,(H,23,25). The summed E-state index contributed by atoms with van der Waals surface area (Å²) >= 11 is 5.80. The monoisotopic (exact) mass is 470 g/mol. The number of nitrogens with one attached hydrogen (secondary N) is 1. The lowest BCUT2D eigenvalue weighted by Gasteiger charge is -2.26. The molecule has 1 saturated heterocycles. The Kier molecular flexibility index (Phi) is 7.60. The molecule has 2 aromatic carbocycles. The minimum Gasteiger partial charge on any atom is -0.452 e. The van der Waals surface area contributed by atoms with Crippen molar-refractivity contribution >= 4 is 33.5 Å². The maximum atomic E-state index is 14.2. The summed E-state index contributed by atoms with van der Waals surface area (Å²) in [6.07, 6.45) is 0. The van der Waals surface area contributed by atoms with Gasteiger partial charge in [-0.05, 0) is 35.9 Å². The van der Waals surface area contributed by atoms with Crippen LogP contribution in [0.25, 0.3) is 0 Å². The quantitative estimate of drug-likeness (QED) is 0.621. The molecule has 3 rings (SSSR count). The third-order valence-corrected chi connectivity index (χ3v) is 6.66. The van der Waals surface area contributed by atoms with E-state index in [0.717, 1.165) is 28.1 Å². The molecule has 1 N–H and O–H groups in total. The van der Waals surface area contributed by atoms with Crippen molar-refractivity contribution in [3.63, 3.8) is 0 Å².